The van der Waals surface area contributed by atoms with Crippen molar-refractivity contribution in [3.63, 3.8) is 0 Å². The molecule has 9 heteroatoms. The Hall–Kier alpha value is -2.23. The first kappa shape index (κ1) is 23.1. The minimum absolute atomic E-state index is 0.151. The van der Waals surface area contributed by atoms with Crippen molar-refractivity contribution < 1.29 is 22.7 Å². The van der Waals surface area contributed by atoms with E-state index < -0.39 is 15.9 Å². The van der Waals surface area contributed by atoms with E-state index in [1.165, 1.54) is 18.8 Å². The van der Waals surface area contributed by atoms with Gasteiger partial charge in [-0.2, -0.15) is 4.31 Å². The Morgan fingerprint density at radius 1 is 1.14 bits per heavy atom. The van der Waals surface area contributed by atoms with Crippen LogP contribution >= 0.6 is 11.8 Å². The van der Waals surface area contributed by atoms with Gasteiger partial charge in [-0.1, -0.05) is 12.1 Å². The standard InChI is InChI=1S/C20H26N2O5S2/c1-15(14-27-19-8-6-5-7-18(19)26-3)21-20(23)13-22(2)29(24,25)17-11-9-16(28-4)10-12-17/h5-12,15H,13-14H2,1-4H3,(H,21,23)/t15-/m1/s1. The van der Waals surface area contributed by atoms with Crippen molar-refractivity contribution in [2.75, 3.05) is 33.6 Å². The van der Waals surface area contributed by atoms with E-state index in [0.717, 1.165) is 9.20 Å². The minimum Gasteiger partial charge on any atom is -0.493 e. The Kier molecular flexibility index (Phi) is 8.36. The van der Waals surface area contributed by atoms with Crippen molar-refractivity contribution in [1.82, 2.24) is 9.62 Å². The second kappa shape index (κ2) is 10.5. The molecule has 0 bridgehead atoms. The molecule has 0 spiro atoms. The zero-order chi connectivity index (χ0) is 21.4. The molecule has 2 aromatic carbocycles. The van der Waals surface area contributed by atoms with Gasteiger partial charge in [0.2, 0.25) is 15.9 Å². The van der Waals surface area contributed by atoms with Crippen molar-refractivity contribution in [3.05, 3.63) is 48.5 Å². The molecule has 0 saturated carbocycles. The van der Waals surface area contributed by atoms with E-state index in [0.29, 0.717) is 11.5 Å². The second-order valence-corrected chi connectivity index (χ2v) is 9.29. The zero-order valence-corrected chi connectivity index (χ0v) is 18.5. The lowest BCUT2D eigenvalue weighted by molar-refractivity contribution is -0.121. The van der Waals surface area contributed by atoms with Crippen molar-refractivity contribution >= 4 is 27.7 Å². The highest BCUT2D eigenvalue weighted by atomic mass is 32.2. The summed E-state index contributed by atoms with van der Waals surface area (Å²) in [6, 6.07) is 13.5. The Labute approximate surface area is 176 Å². The van der Waals surface area contributed by atoms with Crippen molar-refractivity contribution in [3.8, 4) is 11.5 Å². The summed E-state index contributed by atoms with van der Waals surface area (Å²) in [6.45, 7) is 1.72. The Morgan fingerprint density at radius 2 is 1.76 bits per heavy atom. The molecule has 2 rings (SSSR count). The summed E-state index contributed by atoms with van der Waals surface area (Å²) in [4.78, 5) is 13.4. The van der Waals surface area contributed by atoms with Crippen LogP contribution in [-0.4, -0.2) is 58.2 Å². The third-order valence-corrected chi connectivity index (χ3v) is 6.66. The monoisotopic (exact) mass is 438 g/mol. The van der Waals surface area contributed by atoms with Crippen LogP contribution in [0.3, 0.4) is 0 Å². The first-order valence-corrected chi connectivity index (χ1v) is 11.6. The first-order chi connectivity index (χ1) is 13.8. The highest BCUT2D eigenvalue weighted by Crippen LogP contribution is 2.25. The predicted molar refractivity (Wildman–Crippen MR) is 114 cm³/mol. The fourth-order valence-electron chi connectivity index (χ4n) is 2.53. The molecule has 0 aliphatic rings. The van der Waals surface area contributed by atoms with Crippen LogP contribution in [0.4, 0.5) is 0 Å². The third kappa shape index (κ3) is 6.38. The summed E-state index contributed by atoms with van der Waals surface area (Å²) in [5, 5.41) is 2.75. The van der Waals surface area contributed by atoms with E-state index in [1.54, 1.807) is 50.4 Å². The summed E-state index contributed by atoms with van der Waals surface area (Å²) in [7, 11) is -0.807. The molecular weight excluding hydrogens is 412 g/mol. The molecule has 0 heterocycles. The summed E-state index contributed by atoms with van der Waals surface area (Å²) in [5.41, 5.74) is 0. The fraction of sp³-hybridized carbons (Fsp3) is 0.350. The normalized spacial score (nSPS) is 12.4. The molecule has 0 saturated heterocycles. The lowest BCUT2D eigenvalue weighted by Crippen LogP contribution is -2.43. The smallest absolute Gasteiger partial charge is 0.243 e. The maximum Gasteiger partial charge on any atom is 0.243 e. The number of amides is 1. The Morgan fingerprint density at radius 3 is 2.34 bits per heavy atom. The Balaban J connectivity index is 1.89. The highest BCUT2D eigenvalue weighted by Gasteiger charge is 2.23. The molecule has 0 unspecified atom stereocenters. The van der Waals surface area contributed by atoms with Crippen LogP contribution in [0.2, 0.25) is 0 Å². The van der Waals surface area contributed by atoms with E-state index in [1.807, 2.05) is 18.4 Å². The first-order valence-electron chi connectivity index (χ1n) is 8.93. The van der Waals surface area contributed by atoms with Gasteiger partial charge in [0.1, 0.15) is 6.61 Å². The number of sulfonamides is 1. The topological polar surface area (TPSA) is 84.9 Å². The fourth-order valence-corrected chi connectivity index (χ4v) is 4.07. The number of para-hydroxylation sites is 2. The number of carbonyl (C=O) groups is 1. The van der Waals surface area contributed by atoms with Gasteiger partial charge in [-0.25, -0.2) is 8.42 Å². The Bertz CT molecular complexity index is 917. The number of rotatable bonds is 10. The van der Waals surface area contributed by atoms with E-state index in [4.69, 9.17) is 9.47 Å². The SMILES string of the molecule is COc1ccccc1OC[C@@H](C)NC(=O)CN(C)S(=O)(=O)c1ccc(SC)cc1. The molecular formula is C20H26N2O5S2. The minimum atomic E-state index is -3.74. The van der Waals surface area contributed by atoms with Crippen LogP contribution in [0.1, 0.15) is 6.92 Å². The maximum absolute atomic E-state index is 12.6. The zero-order valence-electron chi connectivity index (χ0n) is 16.9. The molecule has 1 atom stereocenters. The largest absolute Gasteiger partial charge is 0.493 e. The van der Waals surface area contributed by atoms with Gasteiger partial charge < -0.3 is 14.8 Å². The van der Waals surface area contributed by atoms with E-state index in [-0.39, 0.29) is 24.1 Å². The van der Waals surface area contributed by atoms with Crippen LogP contribution in [0, 0.1) is 0 Å². The number of nitrogens with one attached hydrogen (secondary N) is 1. The van der Waals surface area contributed by atoms with Gasteiger partial charge in [-0.15, -0.1) is 11.8 Å². The van der Waals surface area contributed by atoms with Gasteiger partial charge in [0.15, 0.2) is 11.5 Å². The third-order valence-electron chi connectivity index (χ3n) is 4.10. The average Bonchev–Trinajstić information content (AvgIpc) is 2.72. The van der Waals surface area contributed by atoms with Crippen LogP contribution in [0.25, 0.3) is 0 Å². The number of hydrogen-bond donors (Lipinski definition) is 1. The van der Waals surface area contributed by atoms with E-state index >= 15 is 0 Å². The average molecular weight is 439 g/mol. The molecule has 2 aromatic rings. The molecule has 1 N–H and O–H groups in total. The molecule has 0 aromatic heterocycles. The molecule has 7 nitrogen and oxygen atoms in total. The molecule has 0 fully saturated rings. The molecule has 158 valence electrons. The molecule has 0 aliphatic carbocycles. The van der Waals surface area contributed by atoms with E-state index in [9.17, 15) is 13.2 Å². The van der Waals surface area contributed by atoms with Crippen LogP contribution in [0.5, 0.6) is 11.5 Å². The summed E-state index contributed by atoms with van der Waals surface area (Å²) >= 11 is 1.53. The van der Waals surface area contributed by atoms with Crippen molar-refractivity contribution in [2.45, 2.75) is 22.8 Å². The van der Waals surface area contributed by atoms with E-state index in [2.05, 4.69) is 5.32 Å². The summed E-state index contributed by atoms with van der Waals surface area (Å²) in [5.74, 6) is 0.766. The van der Waals surface area contributed by atoms with Gasteiger partial charge in [-0.05, 0) is 49.6 Å². The van der Waals surface area contributed by atoms with Gasteiger partial charge in [-0.3, -0.25) is 4.79 Å². The van der Waals surface area contributed by atoms with Crippen LogP contribution < -0.4 is 14.8 Å². The number of thioether (sulfide) groups is 1. The molecule has 0 aliphatic heterocycles. The van der Waals surface area contributed by atoms with Crippen molar-refractivity contribution in [1.29, 1.82) is 0 Å². The van der Waals surface area contributed by atoms with Crippen LogP contribution in [0.15, 0.2) is 58.3 Å². The molecule has 29 heavy (non-hydrogen) atoms. The van der Waals surface area contributed by atoms with Gasteiger partial charge in [0.05, 0.1) is 24.6 Å². The lowest BCUT2D eigenvalue weighted by atomic mass is 10.3. The number of nitrogens with zero attached hydrogens (tertiary/aromatic N) is 1. The summed E-state index contributed by atoms with van der Waals surface area (Å²) in [6.07, 6.45) is 1.92. The van der Waals surface area contributed by atoms with Crippen LogP contribution in [-0.2, 0) is 14.8 Å². The number of benzene rings is 2. The number of likely N-dealkylation sites (N-methyl/N-ethyl adjacent to an activating group) is 1. The predicted octanol–water partition coefficient (Wildman–Crippen LogP) is 2.62. The number of ether oxygens (including phenoxy) is 2. The molecule has 1 amide bonds. The maximum atomic E-state index is 12.6. The van der Waals surface area contributed by atoms with Gasteiger partial charge in [0.25, 0.3) is 0 Å². The van der Waals surface area contributed by atoms with Crippen molar-refractivity contribution in [2.24, 2.45) is 0 Å². The quantitative estimate of drug-likeness (QED) is 0.574. The van der Waals surface area contributed by atoms with Gasteiger partial charge in [0, 0.05) is 11.9 Å². The summed E-state index contributed by atoms with van der Waals surface area (Å²) < 4.78 is 37.2. The highest BCUT2D eigenvalue weighted by molar-refractivity contribution is 7.98. The second-order valence-electron chi connectivity index (χ2n) is 6.37. The van der Waals surface area contributed by atoms with Gasteiger partial charge >= 0.3 is 0 Å². The molecule has 0 radical (unpaired) electrons. The lowest BCUT2D eigenvalue weighted by Gasteiger charge is -2.20. The number of hydrogen-bond acceptors (Lipinski definition) is 6. The number of carbonyl (C=O) groups excluding carboxylic acids is 1. The number of methoxy groups -OCH3 is 1.